The molecule has 2 aromatic carbocycles. The molecule has 5 rings (SSSR count). The number of amides is 2. The predicted octanol–water partition coefficient (Wildman–Crippen LogP) is 6.85. The number of carbonyl (C=O) groups is 2. The van der Waals surface area contributed by atoms with Crippen molar-refractivity contribution in [3.63, 3.8) is 0 Å². The Morgan fingerprint density at radius 1 is 1.09 bits per heavy atom. The summed E-state index contributed by atoms with van der Waals surface area (Å²) in [5, 5.41) is 11.5. The fourth-order valence-corrected chi connectivity index (χ4v) is 12.1. The van der Waals surface area contributed by atoms with E-state index in [4.69, 9.17) is 9.47 Å². The second kappa shape index (κ2) is 13.9. The van der Waals surface area contributed by atoms with Crippen molar-refractivity contribution in [2.75, 3.05) is 36.6 Å². The first-order valence-electron chi connectivity index (χ1n) is 16.9. The standard InChI is InChI=1S/C38H52N2O5Si/c1-26(2)11-10-12-27(3)20-23-40-33-19-14-29(39-22-9-8-13-35(39)42)25-32(33)38(37(40)43)28(4)36(34(45-38)21-24-41)46(6,7)31-17-15-30(44-5)16-18-31/h11,14-20,25,28,34,36,41H,8-10,12-13,21-24H2,1-7H3/b27-20+/t28-,34+,36-,38+/m1/s1. The lowest BCUT2D eigenvalue weighted by atomic mass is 9.82. The zero-order chi connectivity index (χ0) is 33.2. The van der Waals surface area contributed by atoms with Gasteiger partial charge in [0.05, 0.1) is 27.0 Å². The van der Waals surface area contributed by atoms with Crippen LogP contribution >= 0.6 is 0 Å². The van der Waals surface area contributed by atoms with Crippen LogP contribution < -0.4 is 19.7 Å². The van der Waals surface area contributed by atoms with Gasteiger partial charge in [0.15, 0.2) is 5.60 Å². The quantitative estimate of drug-likeness (QED) is 0.214. The summed E-state index contributed by atoms with van der Waals surface area (Å²) in [5.41, 5.74) is 3.94. The third-order valence-corrected chi connectivity index (χ3v) is 14.9. The van der Waals surface area contributed by atoms with E-state index in [1.807, 2.05) is 34.1 Å². The number of ether oxygens (including phenoxy) is 2. The molecule has 3 heterocycles. The number of allylic oxidation sites excluding steroid dienone is 3. The molecule has 1 N–H and O–H groups in total. The molecular weight excluding hydrogens is 593 g/mol. The summed E-state index contributed by atoms with van der Waals surface area (Å²) in [4.78, 5) is 31.7. The molecule has 0 aromatic heterocycles. The molecule has 3 aliphatic rings. The van der Waals surface area contributed by atoms with E-state index in [0.717, 1.165) is 48.4 Å². The highest BCUT2D eigenvalue weighted by Crippen LogP contribution is 2.60. The molecule has 4 atom stereocenters. The summed E-state index contributed by atoms with van der Waals surface area (Å²) in [6.45, 7) is 14.4. The second-order valence-corrected chi connectivity index (χ2v) is 18.8. The van der Waals surface area contributed by atoms with Gasteiger partial charge in [0, 0.05) is 43.3 Å². The zero-order valence-electron chi connectivity index (χ0n) is 28.8. The van der Waals surface area contributed by atoms with E-state index in [1.165, 1.54) is 16.3 Å². The molecule has 248 valence electrons. The molecular formula is C38H52N2O5Si. The van der Waals surface area contributed by atoms with E-state index in [9.17, 15) is 14.7 Å². The van der Waals surface area contributed by atoms with Crippen LogP contribution in [0, 0.1) is 5.92 Å². The molecule has 1 spiro atoms. The Hall–Kier alpha value is -3.20. The third-order valence-electron chi connectivity index (χ3n) is 10.6. The number of methoxy groups -OCH3 is 1. The van der Waals surface area contributed by atoms with Crippen molar-refractivity contribution >= 4 is 36.4 Å². The van der Waals surface area contributed by atoms with Crippen molar-refractivity contribution in [1.29, 1.82) is 0 Å². The number of nitrogens with zero attached hydrogens (tertiary/aromatic N) is 2. The van der Waals surface area contributed by atoms with Gasteiger partial charge in [-0.2, -0.15) is 0 Å². The van der Waals surface area contributed by atoms with Gasteiger partial charge in [0.1, 0.15) is 5.75 Å². The zero-order valence-corrected chi connectivity index (χ0v) is 29.8. The Bertz CT molecular complexity index is 1490. The predicted molar refractivity (Wildman–Crippen MR) is 189 cm³/mol. The van der Waals surface area contributed by atoms with Gasteiger partial charge in [-0.3, -0.25) is 9.59 Å². The maximum absolute atomic E-state index is 14.9. The lowest BCUT2D eigenvalue weighted by Gasteiger charge is -2.37. The average molecular weight is 645 g/mol. The third kappa shape index (κ3) is 6.24. The van der Waals surface area contributed by atoms with Crippen LogP contribution in [0.2, 0.25) is 18.6 Å². The number of piperidine rings is 1. The van der Waals surface area contributed by atoms with Gasteiger partial charge in [-0.05, 0) is 88.7 Å². The fraction of sp³-hybridized carbons (Fsp3) is 0.526. The summed E-state index contributed by atoms with van der Waals surface area (Å²) in [5.74, 6) is 0.738. The van der Waals surface area contributed by atoms with Crippen molar-refractivity contribution in [3.8, 4) is 5.75 Å². The van der Waals surface area contributed by atoms with Gasteiger partial charge < -0.3 is 24.4 Å². The first kappa shape index (κ1) is 34.1. The van der Waals surface area contributed by atoms with Gasteiger partial charge in [0.2, 0.25) is 5.91 Å². The number of benzene rings is 2. The largest absolute Gasteiger partial charge is 0.497 e. The van der Waals surface area contributed by atoms with Gasteiger partial charge >= 0.3 is 0 Å². The van der Waals surface area contributed by atoms with Crippen molar-refractivity contribution in [2.45, 2.75) is 96.6 Å². The molecule has 0 radical (unpaired) electrons. The van der Waals surface area contributed by atoms with Crippen molar-refractivity contribution in [3.05, 3.63) is 71.3 Å². The van der Waals surface area contributed by atoms with Crippen LogP contribution in [-0.2, 0) is 19.9 Å². The molecule has 0 aliphatic carbocycles. The lowest BCUT2D eigenvalue weighted by molar-refractivity contribution is -0.146. The Morgan fingerprint density at radius 3 is 2.48 bits per heavy atom. The van der Waals surface area contributed by atoms with E-state index in [1.54, 1.807) is 7.11 Å². The molecule has 7 nitrogen and oxygen atoms in total. The van der Waals surface area contributed by atoms with Crippen molar-refractivity contribution in [2.24, 2.45) is 5.92 Å². The van der Waals surface area contributed by atoms with Crippen molar-refractivity contribution in [1.82, 2.24) is 0 Å². The van der Waals surface area contributed by atoms with Crippen LogP contribution in [0.25, 0.3) is 0 Å². The van der Waals surface area contributed by atoms with E-state index < -0.39 is 13.7 Å². The van der Waals surface area contributed by atoms with Crippen LogP contribution in [0.3, 0.4) is 0 Å². The maximum atomic E-state index is 14.9. The van der Waals surface area contributed by atoms with Crippen LogP contribution in [0.1, 0.15) is 71.8 Å². The lowest BCUT2D eigenvalue weighted by Crippen LogP contribution is -2.52. The summed E-state index contributed by atoms with van der Waals surface area (Å²) in [6.07, 6.45) is 8.91. The Labute approximate surface area is 276 Å². The molecule has 0 saturated carbocycles. The summed E-state index contributed by atoms with van der Waals surface area (Å²) in [6, 6.07) is 14.4. The molecule has 2 amide bonds. The van der Waals surface area contributed by atoms with Gasteiger partial charge in [-0.15, -0.1) is 0 Å². The Morgan fingerprint density at radius 2 is 1.83 bits per heavy atom. The minimum absolute atomic E-state index is 0.0161. The van der Waals surface area contributed by atoms with Gasteiger partial charge in [0.25, 0.3) is 5.91 Å². The first-order valence-corrected chi connectivity index (χ1v) is 20.0. The molecule has 0 unspecified atom stereocenters. The maximum Gasteiger partial charge on any atom is 0.264 e. The topological polar surface area (TPSA) is 79.3 Å². The van der Waals surface area contributed by atoms with Crippen molar-refractivity contribution < 1.29 is 24.2 Å². The monoisotopic (exact) mass is 644 g/mol. The number of hydrogen-bond donors (Lipinski definition) is 1. The number of fused-ring (bicyclic) bond motifs is 2. The number of carbonyl (C=O) groups excluding carboxylic acids is 2. The van der Waals surface area contributed by atoms with E-state index in [2.05, 4.69) is 71.1 Å². The molecule has 2 aromatic rings. The number of anilines is 2. The van der Waals surface area contributed by atoms with E-state index in [-0.39, 0.29) is 36.0 Å². The molecule has 2 saturated heterocycles. The molecule has 2 fully saturated rings. The minimum Gasteiger partial charge on any atom is -0.497 e. The number of rotatable bonds is 11. The molecule has 8 heteroatoms. The SMILES string of the molecule is COc1ccc([Si](C)(C)[C@H]2[C@H](CCO)O[C@@]3(C(=O)N(C/C=C(\C)CCC=C(C)C)c4ccc(N5CCCCC5=O)cc43)[C@@H]2C)cc1. The Balaban J connectivity index is 1.59. The van der Waals surface area contributed by atoms with Crippen LogP contribution in [0.5, 0.6) is 5.75 Å². The Kier molecular flexibility index (Phi) is 10.3. The molecule has 3 aliphatic heterocycles. The van der Waals surface area contributed by atoms with Gasteiger partial charge in [-0.1, -0.05) is 60.6 Å². The summed E-state index contributed by atoms with van der Waals surface area (Å²) < 4.78 is 12.5. The summed E-state index contributed by atoms with van der Waals surface area (Å²) >= 11 is 0. The molecule has 46 heavy (non-hydrogen) atoms. The number of aliphatic hydroxyl groups excluding tert-OH is 1. The van der Waals surface area contributed by atoms with Crippen LogP contribution in [0.15, 0.2) is 65.8 Å². The normalized spacial score (nSPS) is 25.0. The first-order chi connectivity index (χ1) is 21.9. The second-order valence-electron chi connectivity index (χ2n) is 14.2. The van der Waals surface area contributed by atoms with Crippen LogP contribution in [0.4, 0.5) is 11.4 Å². The molecule has 0 bridgehead atoms. The number of aliphatic hydroxyl groups is 1. The van der Waals surface area contributed by atoms with Gasteiger partial charge in [-0.25, -0.2) is 0 Å². The average Bonchev–Trinajstić information content (AvgIpc) is 3.46. The fourth-order valence-electron chi connectivity index (χ4n) is 8.06. The number of hydrogen-bond acceptors (Lipinski definition) is 5. The van der Waals surface area contributed by atoms with E-state index in [0.29, 0.717) is 25.9 Å². The summed E-state index contributed by atoms with van der Waals surface area (Å²) in [7, 11) is -0.601. The highest BCUT2D eigenvalue weighted by Gasteiger charge is 2.66. The van der Waals surface area contributed by atoms with E-state index >= 15 is 0 Å². The highest BCUT2D eigenvalue weighted by atomic mass is 28.3. The highest BCUT2D eigenvalue weighted by molar-refractivity contribution is 6.91. The van der Waals surface area contributed by atoms with Crippen LogP contribution in [-0.4, -0.2) is 57.9 Å². The minimum atomic E-state index is -2.27. The smallest absolute Gasteiger partial charge is 0.264 e.